The summed E-state index contributed by atoms with van der Waals surface area (Å²) in [4.78, 5) is 33.8. The van der Waals surface area contributed by atoms with E-state index in [9.17, 15) is 14.0 Å². The molecule has 11 heteroatoms. The first kappa shape index (κ1) is 23.9. The van der Waals surface area contributed by atoms with Gasteiger partial charge in [0.15, 0.2) is 5.82 Å². The number of nitrogens with one attached hydrogen (secondary N) is 3. The highest BCUT2D eigenvalue weighted by atomic mass is 19.1. The third kappa shape index (κ3) is 5.29. The van der Waals surface area contributed by atoms with Crippen molar-refractivity contribution < 1.29 is 9.18 Å². The van der Waals surface area contributed by atoms with Crippen LogP contribution in [0.5, 0.6) is 0 Å². The number of amides is 2. The van der Waals surface area contributed by atoms with Crippen molar-refractivity contribution in [3.63, 3.8) is 0 Å². The Bertz CT molecular complexity index is 1470. The van der Waals surface area contributed by atoms with Gasteiger partial charge in [-0.2, -0.15) is 10.1 Å². The first-order chi connectivity index (χ1) is 16.5. The topological polar surface area (TPSA) is 144 Å². The number of aromatic amines is 1. The lowest BCUT2D eigenvalue weighted by molar-refractivity contribution is 0.262. The lowest BCUT2D eigenvalue weighted by Crippen LogP contribution is -2.23. The van der Waals surface area contributed by atoms with Gasteiger partial charge >= 0.3 is 6.03 Å². The average Bonchev–Trinajstić information content (AvgIpc) is 3.19. The summed E-state index contributed by atoms with van der Waals surface area (Å²) >= 11 is 0. The van der Waals surface area contributed by atoms with Gasteiger partial charge in [0.1, 0.15) is 11.5 Å². The van der Waals surface area contributed by atoms with Crippen LogP contribution in [0, 0.1) is 11.2 Å². The summed E-state index contributed by atoms with van der Waals surface area (Å²) in [5, 5.41) is 12.7. The molecule has 3 heterocycles. The monoisotopic (exact) mass is 478 g/mol. The second kappa shape index (κ2) is 9.16. The minimum atomic E-state index is -0.664. The van der Waals surface area contributed by atoms with Gasteiger partial charge in [0, 0.05) is 35.5 Å². The predicted molar refractivity (Wildman–Crippen MR) is 134 cm³/mol. The van der Waals surface area contributed by atoms with E-state index in [1.807, 2.05) is 6.92 Å². The third-order valence-corrected chi connectivity index (χ3v) is 5.28. The number of pyridine rings is 1. The molecule has 10 nitrogen and oxygen atoms in total. The van der Waals surface area contributed by atoms with Gasteiger partial charge in [-0.1, -0.05) is 26.8 Å². The summed E-state index contributed by atoms with van der Waals surface area (Å²) in [6.45, 7) is 8.45. The van der Waals surface area contributed by atoms with Crippen LogP contribution in [0.3, 0.4) is 0 Å². The van der Waals surface area contributed by atoms with E-state index in [2.05, 4.69) is 51.6 Å². The van der Waals surface area contributed by atoms with Crippen LogP contribution in [0.2, 0.25) is 0 Å². The number of benzene rings is 1. The Morgan fingerprint density at radius 2 is 1.97 bits per heavy atom. The second-order valence-electron chi connectivity index (χ2n) is 9.40. The number of hydrogen-bond acceptors (Lipinski definition) is 6. The standard InChI is InChI=1S/C24H27FN8O2/c1-5-33-20-14(12-27-22(26)30-20)8-16(21(33)34)13-6-7-17(25)18(9-13)28-23(35)29-19-10-15(31-32-19)11-24(2,3)4/h6-10,12H,5,11H2,1-4H3,(H2,26,27,30)(H3,28,29,31,32,35). The smallest absolute Gasteiger partial charge is 0.324 e. The van der Waals surface area contributed by atoms with Crippen molar-refractivity contribution in [2.45, 2.75) is 40.7 Å². The number of aryl methyl sites for hydroxylation is 1. The van der Waals surface area contributed by atoms with Gasteiger partial charge in [-0.05, 0) is 42.5 Å². The molecule has 0 radical (unpaired) electrons. The van der Waals surface area contributed by atoms with Gasteiger partial charge in [0.2, 0.25) is 5.95 Å². The average molecular weight is 479 g/mol. The van der Waals surface area contributed by atoms with E-state index in [0.29, 0.717) is 34.5 Å². The summed E-state index contributed by atoms with van der Waals surface area (Å²) in [5.74, 6) is -0.265. The quantitative estimate of drug-likeness (QED) is 0.339. The highest BCUT2D eigenvalue weighted by Crippen LogP contribution is 2.26. The Labute approximate surface area is 200 Å². The molecule has 0 unspecified atom stereocenters. The molecular weight excluding hydrogens is 451 g/mol. The van der Waals surface area contributed by atoms with Crippen molar-refractivity contribution in [1.29, 1.82) is 0 Å². The Morgan fingerprint density at radius 3 is 2.69 bits per heavy atom. The molecule has 0 atom stereocenters. The van der Waals surface area contributed by atoms with Crippen molar-refractivity contribution >= 4 is 34.5 Å². The molecule has 5 N–H and O–H groups in total. The molecule has 0 saturated carbocycles. The Morgan fingerprint density at radius 1 is 1.20 bits per heavy atom. The minimum absolute atomic E-state index is 0.0491. The molecule has 1 aromatic carbocycles. The van der Waals surface area contributed by atoms with Gasteiger partial charge in [0.05, 0.1) is 5.69 Å². The Balaban J connectivity index is 1.61. The molecular formula is C24H27FN8O2. The highest BCUT2D eigenvalue weighted by molar-refractivity contribution is 5.99. The fourth-order valence-electron chi connectivity index (χ4n) is 3.82. The Hall–Kier alpha value is -4.28. The number of fused-ring (bicyclic) bond motifs is 1. The van der Waals surface area contributed by atoms with Crippen molar-refractivity contribution in [3.05, 3.63) is 58.4 Å². The number of nitrogens with two attached hydrogens (primary N) is 1. The molecule has 0 aliphatic carbocycles. The maximum absolute atomic E-state index is 14.5. The van der Waals surface area contributed by atoms with E-state index in [-0.39, 0.29) is 22.6 Å². The zero-order valence-electron chi connectivity index (χ0n) is 19.9. The number of nitrogen functional groups attached to an aromatic ring is 1. The Kier molecular flexibility index (Phi) is 6.25. The zero-order chi connectivity index (χ0) is 25.3. The number of anilines is 3. The number of rotatable bonds is 5. The van der Waals surface area contributed by atoms with Gasteiger partial charge in [-0.25, -0.2) is 14.2 Å². The number of urea groups is 1. The van der Waals surface area contributed by atoms with E-state index < -0.39 is 11.8 Å². The summed E-state index contributed by atoms with van der Waals surface area (Å²) in [7, 11) is 0. The van der Waals surface area contributed by atoms with Crippen LogP contribution in [-0.2, 0) is 13.0 Å². The number of carbonyl (C=O) groups is 1. The fourth-order valence-corrected chi connectivity index (χ4v) is 3.82. The molecule has 0 fully saturated rings. The van der Waals surface area contributed by atoms with Crippen molar-refractivity contribution in [1.82, 2.24) is 24.7 Å². The zero-order valence-corrected chi connectivity index (χ0v) is 19.9. The molecule has 2 amide bonds. The SMILES string of the molecule is CCn1c(=O)c(-c2ccc(F)c(NC(=O)Nc3cc(CC(C)(C)C)[nH]n3)c2)cc2cnc(N)nc21. The molecule has 0 aliphatic rings. The number of hydrogen-bond donors (Lipinski definition) is 4. The summed E-state index contributed by atoms with van der Waals surface area (Å²) in [6.07, 6.45) is 2.28. The molecule has 182 valence electrons. The first-order valence-electron chi connectivity index (χ1n) is 11.1. The summed E-state index contributed by atoms with van der Waals surface area (Å²) in [6, 6.07) is 6.77. The van der Waals surface area contributed by atoms with Gasteiger partial charge < -0.3 is 11.1 Å². The van der Waals surface area contributed by atoms with Gasteiger partial charge in [0.25, 0.3) is 5.56 Å². The number of aromatic nitrogens is 5. The maximum Gasteiger partial charge on any atom is 0.324 e. The number of halogens is 1. The molecule has 3 aromatic heterocycles. The van der Waals surface area contributed by atoms with Crippen LogP contribution in [-0.4, -0.2) is 30.8 Å². The minimum Gasteiger partial charge on any atom is -0.368 e. The first-order valence-corrected chi connectivity index (χ1v) is 11.1. The third-order valence-electron chi connectivity index (χ3n) is 5.28. The van der Waals surface area contributed by atoms with Crippen molar-refractivity contribution in [2.24, 2.45) is 5.41 Å². The summed E-state index contributed by atoms with van der Waals surface area (Å²) in [5.41, 5.74) is 7.36. The van der Waals surface area contributed by atoms with Gasteiger partial charge in [-0.15, -0.1) is 0 Å². The van der Waals surface area contributed by atoms with Gasteiger partial charge in [-0.3, -0.25) is 19.8 Å². The molecule has 35 heavy (non-hydrogen) atoms. The number of carbonyl (C=O) groups excluding carboxylic acids is 1. The van der Waals surface area contributed by atoms with Crippen LogP contribution < -0.4 is 21.9 Å². The second-order valence-corrected chi connectivity index (χ2v) is 9.40. The molecule has 0 aliphatic heterocycles. The van der Waals surface area contributed by atoms with Crippen molar-refractivity contribution in [3.8, 4) is 11.1 Å². The van der Waals surface area contributed by atoms with Crippen LogP contribution in [0.4, 0.5) is 26.6 Å². The van der Waals surface area contributed by atoms with E-state index in [1.165, 1.54) is 29.0 Å². The lowest BCUT2D eigenvalue weighted by Gasteiger charge is -2.15. The van der Waals surface area contributed by atoms with Crippen LogP contribution in [0.1, 0.15) is 33.4 Å². The molecule has 4 rings (SSSR count). The predicted octanol–water partition coefficient (Wildman–Crippen LogP) is 4.16. The van der Waals surface area contributed by atoms with Crippen LogP contribution in [0.25, 0.3) is 22.2 Å². The molecule has 4 aromatic rings. The van der Waals surface area contributed by atoms with E-state index in [0.717, 1.165) is 12.1 Å². The molecule has 0 bridgehead atoms. The molecule has 0 spiro atoms. The lowest BCUT2D eigenvalue weighted by atomic mass is 9.91. The van der Waals surface area contributed by atoms with Crippen LogP contribution in [0.15, 0.2) is 41.3 Å². The molecule has 0 saturated heterocycles. The normalized spacial score (nSPS) is 11.6. The number of H-pyrrole nitrogens is 1. The van der Waals surface area contributed by atoms with E-state index in [4.69, 9.17) is 5.73 Å². The van der Waals surface area contributed by atoms with E-state index >= 15 is 0 Å². The number of nitrogens with zero attached hydrogens (tertiary/aromatic N) is 4. The fraction of sp³-hybridized carbons (Fsp3) is 0.292. The van der Waals surface area contributed by atoms with Crippen LogP contribution >= 0.6 is 0 Å². The van der Waals surface area contributed by atoms with E-state index in [1.54, 1.807) is 12.1 Å². The van der Waals surface area contributed by atoms with Crippen molar-refractivity contribution in [2.75, 3.05) is 16.4 Å². The highest BCUT2D eigenvalue weighted by Gasteiger charge is 2.17. The largest absolute Gasteiger partial charge is 0.368 e. The maximum atomic E-state index is 14.5. The summed E-state index contributed by atoms with van der Waals surface area (Å²) < 4.78 is 16.0.